The molecule has 2 amide bonds. The molecule has 3 rings (SSSR count). The average molecular weight is 455 g/mol. The Balaban J connectivity index is 1.89. The van der Waals surface area contributed by atoms with E-state index in [2.05, 4.69) is 5.32 Å². The molecule has 0 aliphatic heterocycles. The first-order valence-corrected chi connectivity index (χ1v) is 10.3. The van der Waals surface area contributed by atoms with Crippen molar-refractivity contribution in [1.29, 1.82) is 0 Å². The number of aromatic nitrogens is 1. The molecule has 0 saturated carbocycles. The number of aryl methyl sites for hydroxylation is 3. The van der Waals surface area contributed by atoms with Crippen LogP contribution in [0.5, 0.6) is 5.75 Å². The lowest BCUT2D eigenvalue weighted by molar-refractivity contribution is -0.116. The summed E-state index contributed by atoms with van der Waals surface area (Å²) in [5.74, 6) is -1.93. The lowest BCUT2D eigenvalue weighted by atomic mass is 10.1. The topological polar surface area (TPSA) is 143 Å². The molecule has 0 fully saturated rings. The van der Waals surface area contributed by atoms with Crippen molar-refractivity contribution >= 4 is 34.6 Å². The standard InChI is InChI=1S/C23H25N3O7/c1-5-32-23(30)18-13(3)33-22(19(18)21(24)29)25-16(27)9-10-26-17(28)11-12(2)14-7-6-8-15(31-4)20(14)26/h6-8,11H,5,9-10H2,1-4H3,(H2,24,29)(H,25,27). The molecule has 0 aliphatic carbocycles. The number of pyridine rings is 1. The molecule has 0 aliphatic rings. The minimum Gasteiger partial charge on any atom is -0.495 e. The Kier molecular flexibility index (Phi) is 6.86. The van der Waals surface area contributed by atoms with Crippen LogP contribution in [0.15, 0.2) is 33.5 Å². The number of methoxy groups -OCH3 is 1. The zero-order chi connectivity index (χ0) is 24.3. The van der Waals surface area contributed by atoms with Crippen molar-refractivity contribution in [1.82, 2.24) is 4.57 Å². The lowest BCUT2D eigenvalue weighted by Crippen LogP contribution is -2.24. The molecule has 0 atom stereocenters. The largest absolute Gasteiger partial charge is 0.495 e. The third kappa shape index (κ3) is 4.59. The Hall–Kier alpha value is -4.08. The second kappa shape index (κ2) is 9.60. The first-order chi connectivity index (χ1) is 15.7. The summed E-state index contributed by atoms with van der Waals surface area (Å²) in [5.41, 5.74) is 6.10. The van der Waals surface area contributed by atoms with Crippen LogP contribution in [-0.2, 0) is 16.1 Å². The number of carbonyl (C=O) groups is 3. The highest BCUT2D eigenvalue weighted by atomic mass is 16.5. The van der Waals surface area contributed by atoms with E-state index in [9.17, 15) is 19.2 Å². The quantitative estimate of drug-likeness (QED) is 0.497. The van der Waals surface area contributed by atoms with Gasteiger partial charge in [-0.1, -0.05) is 12.1 Å². The van der Waals surface area contributed by atoms with Gasteiger partial charge in [0.25, 0.3) is 11.5 Å². The number of primary amides is 1. The number of benzene rings is 1. The van der Waals surface area contributed by atoms with Gasteiger partial charge in [0.1, 0.15) is 22.6 Å². The molecule has 174 valence electrons. The van der Waals surface area contributed by atoms with Crippen molar-refractivity contribution in [2.45, 2.75) is 33.7 Å². The number of nitrogens with one attached hydrogen (secondary N) is 1. The van der Waals surface area contributed by atoms with Gasteiger partial charge in [-0.3, -0.25) is 19.7 Å². The maximum atomic E-state index is 12.7. The van der Waals surface area contributed by atoms with Crippen molar-refractivity contribution in [3.63, 3.8) is 0 Å². The van der Waals surface area contributed by atoms with Gasteiger partial charge < -0.3 is 24.2 Å². The number of anilines is 1. The summed E-state index contributed by atoms with van der Waals surface area (Å²) in [6.45, 7) is 5.03. The highest BCUT2D eigenvalue weighted by molar-refractivity contribution is 6.10. The van der Waals surface area contributed by atoms with Crippen LogP contribution in [0.3, 0.4) is 0 Å². The van der Waals surface area contributed by atoms with E-state index < -0.39 is 17.8 Å². The number of rotatable bonds is 8. The van der Waals surface area contributed by atoms with Gasteiger partial charge in [-0.15, -0.1) is 0 Å². The van der Waals surface area contributed by atoms with Gasteiger partial charge in [0.2, 0.25) is 11.8 Å². The van der Waals surface area contributed by atoms with Crippen molar-refractivity contribution in [2.24, 2.45) is 5.73 Å². The van der Waals surface area contributed by atoms with Gasteiger partial charge in [-0.05, 0) is 32.4 Å². The normalized spacial score (nSPS) is 10.8. The molecular formula is C23H25N3O7. The van der Waals surface area contributed by atoms with Crippen LogP contribution in [-0.4, -0.2) is 36.1 Å². The van der Waals surface area contributed by atoms with E-state index in [-0.39, 0.29) is 47.9 Å². The Bertz CT molecular complexity index is 1300. The zero-order valence-electron chi connectivity index (χ0n) is 18.8. The fourth-order valence-electron chi connectivity index (χ4n) is 3.68. The number of hydrogen-bond donors (Lipinski definition) is 2. The predicted octanol–water partition coefficient (Wildman–Crippen LogP) is 2.52. The number of nitrogens with two attached hydrogens (primary N) is 1. The van der Waals surface area contributed by atoms with Gasteiger partial charge in [0, 0.05) is 24.4 Å². The molecule has 0 saturated heterocycles. The molecule has 2 aromatic heterocycles. The van der Waals surface area contributed by atoms with E-state index in [1.165, 1.54) is 24.7 Å². The van der Waals surface area contributed by atoms with E-state index in [1.54, 1.807) is 13.0 Å². The number of ether oxygens (including phenoxy) is 2. The highest BCUT2D eigenvalue weighted by Gasteiger charge is 2.29. The number of amides is 2. The van der Waals surface area contributed by atoms with Gasteiger partial charge in [0.15, 0.2) is 0 Å². The molecule has 10 nitrogen and oxygen atoms in total. The lowest BCUT2D eigenvalue weighted by Gasteiger charge is -2.14. The predicted molar refractivity (Wildman–Crippen MR) is 121 cm³/mol. The monoisotopic (exact) mass is 455 g/mol. The molecule has 0 spiro atoms. The summed E-state index contributed by atoms with van der Waals surface area (Å²) in [5, 5.41) is 3.29. The first-order valence-electron chi connectivity index (χ1n) is 10.3. The Morgan fingerprint density at radius 1 is 1.18 bits per heavy atom. The van der Waals surface area contributed by atoms with Crippen LogP contribution in [0.4, 0.5) is 5.88 Å². The fraction of sp³-hybridized carbons (Fsp3) is 0.304. The fourth-order valence-corrected chi connectivity index (χ4v) is 3.68. The number of fused-ring (bicyclic) bond motifs is 1. The van der Waals surface area contributed by atoms with Crippen LogP contribution in [0.2, 0.25) is 0 Å². The van der Waals surface area contributed by atoms with Gasteiger partial charge in [-0.25, -0.2) is 4.79 Å². The minimum absolute atomic E-state index is 0.0398. The summed E-state index contributed by atoms with van der Waals surface area (Å²) in [6.07, 6.45) is -0.122. The Morgan fingerprint density at radius 3 is 2.55 bits per heavy atom. The molecule has 0 radical (unpaired) electrons. The van der Waals surface area contributed by atoms with E-state index in [1.807, 2.05) is 19.1 Å². The summed E-state index contributed by atoms with van der Waals surface area (Å²) in [6, 6.07) is 6.91. The molecule has 0 unspecified atom stereocenters. The van der Waals surface area contributed by atoms with Crippen molar-refractivity contribution in [3.8, 4) is 5.75 Å². The first kappa shape index (κ1) is 23.6. The summed E-state index contributed by atoms with van der Waals surface area (Å²) in [4.78, 5) is 49.5. The van der Waals surface area contributed by atoms with Crippen LogP contribution in [0.25, 0.3) is 10.9 Å². The van der Waals surface area contributed by atoms with Gasteiger partial charge in [-0.2, -0.15) is 0 Å². The third-order valence-corrected chi connectivity index (χ3v) is 5.15. The van der Waals surface area contributed by atoms with E-state index in [0.717, 1.165) is 10.9 Å². The number of nitrogens with zero attached hydrogens (tertiary/aromatic N) is 1. The van der Waals surface area contributed by atoms with E-state index >= 15 is 0 Å². The molecule has 3 N–H and O–H groups in total. The Labute approximate surface area is 189 Å². The van der Waals surface area contributed by atoms with Crippen LogP contribution >= 0.6 is 0 Å². The average Bonchev–Trinajstić information content (AvgIpc) is 3.09. The second-order valence-electron chi connectivity index (χ2n) is 7.29. The molecule has 1 aromatic carbocycles. The molecule has 2 heterocycles. The second-order valence-corrected chi connectivity index (χ2v) is 7.29. The van der Waals surface area contributed by atoms with Crippen LogP contribution in [0.1, 0.15) is 45.4 Å². The summed E-state index contributed by atoms with van der Waals surface area (Å²) >= 11 is 0. The van der Waals surface area contributed by atoms with Crippen molar-refractivity contribution in [2.75, 3.05) is 19.0 Å². The van der Waals surface area contributed by atoms with Gasteiger partial charge in [0.05, 0.1) is 19.2 Å². The molecule has 33 heavy (non-hydrogen) atoms. The number of para-hydroxylation sites is 1. The SMILES string of the molecule is CCOC(=O)c1c(C)oc(NC(=O)CCn2c(=O)cc(C)c3cccc(OC)c32)c1C(N)=O. The number of hydrogen-bond acceptors (Lipinski definition) is 7. The van der Waals surface area contributed by atoms with Crippen LogP contribution in [0, 0.1) is 13.8 Å². The molecule has 3 aromatic rings. The Morgan fingerprint density at radius 2 is 1.91 bits per heavy atom. The highest BCUT2D eigenvalue weighted by Crippen LogP contribution is 2.29. The smallest absolute Gasteiger partial charge is 0.342 e. The third-order valence-electron chi connectivity index (χ3n) is 5.15. The van der Waals surface area contributed by atoms with Crippen molar-refractivity contribution < 1.29 is 28.3 Å². The minimum atomic E-state index is -0.948. The number of furan rings is 1. The number of esters is 1. The van der Waals surface area contributed by atoms with Gasteiger partial charge >= 0.3 is 5.97 Å². The molecule has 10 heteroatoms. The van der Waals surface area contributed by atoms with Crippen LogP contribution < -0.4 is 21.3 Å². The van der Waals surface area contributed by atoms with Crippen molar-refractivity contribution in [3.05, 3.63) is 57.1 Å². The number of carbonyl (C=O) groups excluding carboxylic acids is 3. The summed E-state index contributed by atoms with van der Waals surface area (Å²) in [7, 11) is 1.50. The summed E-state index contributed by atoms with van der Waals surface area (Å²) < 4.78 is 17.2. The zero-order valence-corrected chi connectivity index (χ0v) is 18.8. The molecule has 0 bridgehead atoms. The van der Waals surface area contributed by atoms with E-state index in [0.29, 0.717) is 11.3 Å². The van der Waals surface area contributed by atoms with E-state index in [4.69, 9.17) is 19.6 Å². The maximum absolute atomic E-state index is 12.7. The molecular weight excluding hydrogens is 430 g/mol. The maximum Gasteiger partial charge on any atom is 0.342 e.